The number of piperidine rings is 1. The van der Waals surface area contributed by atoms with E-state index in [9.17, 15) is 0 Å². The molecule has 0 aromatic rings. The van der Waals surface area contributed by atoms with Gasteiger partial charge in [-0.1, -0.05) is 26.7 Å². The summed E-state index contributed by atoms with van der Waals surface area (Å²) in [5.41, 5.74) is 0.516. The number of hydrogen-bond acceptors (Lipinski definition) is 2. The highest BCUT2D eigenvalue weighted by Crippen LogP contribution is 2.40. The zero-order valence-corrected chi connectivity index (χ0v) is 15.0. The van der Waals surface area contributed by atoms with Gasteiger partial charge in [0, 0.05) is 32.7 Å². The first-order valence-corrected chi connectivity index (χ1v) is 9.41. The molecule has 0 atom stereocenters. The van der Waals surface area contributed by atoms with Crippen molar-refractivity contribution in [3.63, 3.8) is 0 Å². The fourth-order valence-electron chi connectivity index (χ4n) is 4.06. The minimum atomic E-state index is 0.516. The third-order valence-electron chi connectivity index (χ3n) is 5.74. The zero-order valence-electron chi connectivity index (χ0n) is 15.0. The normalized spacial score (nSPS) is 23.7. The zero-order chi connectivity index (χ0) is 15.8. The van der Waals surface area contributed by atoms with Crippen molar-refractivity contribution in [2.75, 3.05) is 33.2 Å². The number of hydrogen-bond donors (Lipinski definition) is 2. The SMILES string of the molecule is CCCN1CCC(NC(=NC)NCC2(CC)CCCC2)CC1. The first kappa shape index (κ1) is 17.6. The maximum absolute atomic E-state index is 4.44. The van der Waals surface area contributed by atoms with Crippen LogP contribution in [0.15, 0.2) is 4.99 Å². The summed E-state index contributed by atoms with van der Waals surface area (Å²) in [5.74, 6) is 1.01. The molecule has 1 heterocycles. The second kappa shape index (κ2) is 8.76. The fraction of sp³-hybridized carbons (Fsp3) is 0.944. The molecule has 2 rings (SSSR count). The summed E-state index contributed by atoms with van der Waals surface area (Å²) in [4.78, 5) is 7.03. The number of likely N-dealkylation sites (tertiary alicyclic amines) is 1. The van der Waals surface area contributed by atoms with Crippen LogP contribution in [0.5, 0.6) is 0 Å². The molecule has 0 radical (unpaired) electrons. The standard InChI is InChI=1S/C18H36N4/c1-4-12-22-13-8-16(9-14-22)21-17(19-3)20-15-18(5-2)10-6-7-11-18/h16H,4-15H2,1-3H3,(H2,19,20,21). The van der Waals surface area contributed by atoms with E-state index in [0.717, 1.165) is 12.5 Å². The van der Waals surface area contributed by atoms with Gasteiger partial charge >= 0.3 is 0 Å². The van der Waals surface area contributed by atoms with E-state index in [1.165, 1.54) is 71.0 Å². The summed E-state index contributed by atoms with van der Waals surface area (Å²) < 4.78 is 0. The predicted octanol–water partition coefficient (Wildman–Crippen LogP) is 3.00. The lowest BCUT2D eigenvalue weighted by Gasteiger charge is -2.34. The molecule has 0 aromatic heterocycles. The van der Waals surface area contributed by atoms with Crippen molar-refractivity contribution in [3.05, 3.63) is 0 Å². The third kappa shape index (κ3) is 4.87. The quantitative estimate of drug-likeness (QED) is 0.585. The van der Waals surface area contributed by atoms with Crippen molar-refractivity contribution >= 4 is 5.96 Å². The second-order valence-corrected chi connectivity index (χ2v) is 7.25. The lowest BCUT2D eigenvalue weighted by molar-refractivity contribution is 0.206. The number of nitrogens with one attached hydrogen (secondary N) is 2. The lowest BCUT2D eigenvalue weighted by atomic mass is 9.83. The Hall–Kier alpha value is -0.770. The van der Waals surface area contributed by atoms with E-state index in [2.05, 4.69) is 34.4 Å². The summed E-state index contributed by atoms with van der Waals surface area (Å²) in [5, 5.41) is 7.26. The van der Waals surface area contributed by atoms with E-state index in [1.807, 2.05) is 7.05 Å². The number of nitrogens with zero attached hydrogens (tertiary/aromatic N) is 2. The molecule has 0 aromatic carbocycles. The van der Waals surface area contributed by atoms with Gasteiger partial charge in [0.2, 0.25) is 0 Å². The first-order valence-electron chi connectivity index (χ1n) is 9.41. The Kier molecular flexibility index (Phi) is 7.00. The van der Waals surface area contributed by atoms with Gasteiger partial charge in [-0.15, -0.1) is 0 Å². The van der Waals surface area contributed by atoms with E-state index in [1.54, 1.807) is 0 Å². The van der Waals surface area contributed by atoms with Gasteiger partial charge in [-0.3, -0.25) is 4.99 Å². The summed E-state index contributed by atoms with van der Waals surface area (Å²) in [6.45, 7) is 9.38. The molecular formula is C18H36N4. The minimum absolute atomic E-state index is 0.516. The van der Waals surface area contributed by atoms with E-state index in [-0.39, 0.29) is 0 Å². The number of guanidine groups is 1. The second-order valence-electron chi connectivity index (χ2n) is 7.25. The minimum Gasteiger partial charge on any atom is -0.356 e. The summed E-state index contributed by atoms with van der Waals surface area (Å²) in [7, 11) is 1.90. The molecule has 0 bridgehead atoms. The van der Waals surface area contributed by atoms with Gasteiger partial charge in [0.15, 0.2) is 5.96 Å². The Morgan fingerprint density at radius 1 is 1.18 bits per heavy atom. The van der Waals surface area contributed by atoms with Crippen LogP contribution in [0.1, 0.15) is 65.2 Å². The van der Waals surface area contributed by atoms with Crippen molar-refractivity contribution in [1.29, 1.82) is 0 Å². The highest BCUT2D eigenvalue weighted by molar-refractivity contribution is 5.80. The molecule has 0 unspecified atom stereocenters. The fourth-order valence-corrected chi connectivity index (χ4v) is 4.06. The molecule has 1 aliphatic carbocycles. The topological polar surface area (TPSA) is 39.7 Å². The van der Waals surface area contributed by atoms with Gasteiger partial charge in [-0.2, -0.15) is 0 Å². The molecule has 128 valence electrons. The average molecular weight is 309 g/mol. The largest absolute Gasteiger partial charge is 0.356 e. The van der Waals surface area contributed by atoms with E-state index < -0.39 is 0 Å². The molecule has 0 amide bonds. The molecular weight excluding hydrogens is 272 g/mol. The predicted molar refractivity (Wildman–Crippen MR) is 95.4 cm³/mol. The van der Waals surface area contributed by atoms with Crippen molar-refractivity contribution in [3.8, 4) is 0 Å². The van der Waals surface area contributed by atoms with Crippen molar-refractivity contribution < 1.29 is 0 Å². The Morgan fingerprint density at radius 2 is 1.86 bits per heavy atom. The molecule has 1 saturated carbocycles. The smallest absolute Gasteiger partial charge is 0.191 e. The van der Waals surface area contributed by atoms with Crippen LogP contribution in [-0.2, 0) is 0 Å². The Labute approximate surface area is 137 Å². The van der Waals surface area contributed by atoms with Crippen LogP contribution < -0.4 is 10.6 Å². The highest BCUT2D eigenvalue weighted by atomic mass is 15.2. The molecule has 4 nitrogen and oxygen atoms in total. The molecule has 2 N–H and O–H groups in total. The van der Waals surface area contributed by atoms with Crippen LogP contribution in [-0.4, -0.2) is 50.1 Å². The monoisotopic (exact) mass is 308 g/mol. The number of aliphatic imine (C=N–C) groups is 1. The maximum atomic E-state index is 4.44. The van der Waals surface area contributed by atoms with Gasteiger partial charge in [-0.25, -0.2) is 0 Å². The maximum Gasteiger partial charge on any atom is 0.191 e. The van der Waals surface area contributed by atoms with Gasteiger partial charge in [0.1, 0.15) is 0 Å². The summed E-state index contributed by atoms with van der Waals surface area (Å²) >= 11 is 0. The van der Waals surface area contributed by atoms with Crippen LogP contribution in [0, 0.1) is 5.41 Å². The molecule has 2 aliphatic rings. The van der Waals surface area contributed by atoms with E-state index in [0.29, 0.717) is 11.5 Å². The van der Waals surface area contributed by atoms with Crippen LogP contribution in [0.2, 0.25) is 0 Å². The third-order valence-corrected chi connectivity index (χ3v) is 5.74. The van der Waals surface area contributed by atoms with Gasteiger partial charge in [-0.05, 0) is 50.5 Å². The van der Waals surface area contributed by atoms with Crippen molar-refractivity contribution in [2.45, 2.75) is 71.3 Å². The molecule has 2 fully saturated rings. The Balaban J connectivity index is 1.74. The average Bonchev–Trinajstić information content (AvgIpc) is 3.03. The van der Waals surface area contributed by atoms with Crippen molar-refractivity contribution in [1.82, 2.24) is 15.5 Å². The lowest BCUT2D eigenvalue weighted by Crippen LogP contribution is -2.50. The Bertz CT molecular complexity index is 339. The molecule has 1 saturated heterocycles. The van der Waals surface area contributed by atoms with Crippen LogP contribution >= 0.6 is 0 Å². The molecule has 1 aliphatic heterocycles. The number of rotatable bonds is 6. The molecule has 4 heteroatoms. The Morgan fingerprint density at radius 3 is 2.41 bits per heavy atom. The van der Waals surface area contributed by atoms with Crippen LogP contribution in [0.25, 0.3) is 0 Å². The first-order chi connectivity index (χ1) is 10.7. The highest BCUT2D eigenvalue weighted by Gasteiger charge is 2.32. The van der Waals surface area contributed by atoms with Crippen LogP contribution in [0.4, 0.5) is 0 Å². The molecule has 0 spiro atoms. The van der Waals surface area contributed by atoms with Gasteiger partial charge < -0.3 is 15.5 Å². The summed E-state index contributed by atoms with van der Waals surface area (Å²) in [6.07, 6.45) is 10.6. The van der Waals surface area contributed by atoms with Gasteiger partial charge in [0.25, 0.3) is 0 Å². The van der Waals surface area contributed by atoms with Crippen molar-refractivity contribution in [2.24, 2.45) is 10.4 Å². The molecule has 22 heavy (non-hydrogen) atoms. The summed E-state index contributed by atoms with van der Waals surface area (Å²) in [6, 6.07) is 0.584. The van der Waals surface area contributed by atoms with Crippen LogP contribution in [0.3, 0.4) is 0 Å². The van der Waals surface area contributed by atoms with Gasteiger partial charge in [0.05, 0.1) is 0 Å². The van der Waals surface area contributed by atoms with E-state index in [4.69, 9.17) is 0 Å². The van der Waals surface area contributed by atoms with E-state index >= 15 is 0 Å².